The van der Waals surface area contributed by atoms with Gasteiger partial charge in [0.2, 0.25) is 0 Å². The van der Waals surface area contributed by atoms with Gasteiger partial charge < -0.3 is 10.2 Å². The maximum Gasteiger partial charge on any atom is 0.159 e. The van der Waals surface area contributed by atoms with Gasteiger partial charge in [0.05, 0.1) is 0 Å². The summed E-state index contributed by atoms with van der Waals surface area (Å²) in [7, 11) is 0. The number of hydrogen-bond acceptors (Lipinski definition) is 5. The van der Waals surface area contributed by atoms with E-state index in [1.165, 1.54) is 0 Å². The molecule has 0 atom stereocenters. The Morgan fingerprint density at radius 3 is 2.50 bits per heavy atom. The molecule has 0 heterocycles. The molecule has 0 saturated heterocycles. The van der Waals surface area contributed by atoms with Crippen LogP contribution in [-0.2, 0) is 0 Å². The van der Waals surface area contributed by atoms with Crippen molar-refractivity contribution in [3.63, 3.8) is 0 Å². The van der Waals surface area contributed by atoms with Crippen LogP contribution in [0.15, 0.2) is 17.3 Å². The molecule has 5 heteroatoms. The number of aldehydes is 1. The summed E-state index contributed by atoms with van der Waals surface area (Å²) in [5.41, 5.74) is -0.595. The average molecular weight is 167 g/mol. The Hall–Kier alpha value is -1.91. The fourth-order valence-electron chi connectivity index (χ4n) is 0.776. The van der Waals surface area contributed by atoms with E-state index in [9.17, 15) is 9.70 Å². The van der Waals surface area contributed by atoms with Gasteiger partial charge in [-0.25, -0.2) is 0 Å². The second-order valence-corrected chi connectivity index (χ2v) is 2.08. The first-order valence-corrected chi connectivity index (χ1v) is 3.04. The maximum absolute atomic E-state index is 10.3. The number of aromatic hydroxyl groups is 2. The molecule has 12 heavy (non-hydrogen) atoms. The van der Waals surface area contributed by atoms with Gasteiger partial charge in [-0.2, -0.15) is 0 Å². The standard InChI is InChI=1S/C7H5NO4/c9-3-4-6(10)2-1-5(8-12)7(4)11/h1-3,10-11H. The van der Waals surface area contributed by atoms with Crippen molar-refractivity contribution >= 4 is 12.0 Å². The smallest absolute Gasteiger partial charge is 0.159 e. The summed E-state index contributed by atoms with van der Waals surface area (Å²) in [5, 5.41) is 20.5. The van der Waals surface area contributed by atoms with E-state index in [2.05, 4.69) is 5.18 Å². The lowest BCUT2D eigenvalue weighted by atomic mass is 10.1. The molecule has 2 N–H and O–H groups in total. The first-order chi connectivity index (χ1) is 5.70. The van der Waals surface area contributed by atoms with Crippen LogP contribution in [0.3, 0.4) is 0 Å². The molecule has 0 fully saturated rings. The Morgan fingerprint density at radius 2 is 2.00 bits per heavy atom. The zero-order valence-electron chi connectivity index (χ0n) is 5.89. The van der Waals surface area contributed by atoms with E-state index < -0.39 is 5.75 Å². The summed E-state index contributed by atoms with van der Waals surface area (Å²) < 4.78 is 0. The zero-order valence-corrected chi connectivity index (χ0v) is 5.89. The van der Waals surface area contributed by atoms with Gasteiger partial charge >= 0.3 is 0 Å². The van der Waals surface area contributed by atoms with Gasteiger partial charge in [0.15, 0.2) is 17.7 Å². The topological polar surface area (TPSA) is 87.0 Å². The van der Waals surface area contributed by atoms with Gasteiger partial charge in [-0.05, 0) is 17.3 Å². The fraction of sp³-hybridized carbons (Fsp3) is 0. The number of carbonyl (C=O) groups is 1. The third-order valence-corrected chi connectivity index (χ3v) is 1.39. The van der Waals surface area contributed by atoms with Crippen molar-refractivity contribution < 1.29 is 15.0 Å². The Morgan fingerprint density at radius 1 is 1.33 bits per heavy atom. The highest BCUT2D eigenvalue weighted by atomic mass is 16.3. The average Bonchev–Trinajstić information content (AvgIpc) is 2.06. The monoisotopic (exact) mass is 167 g/mol. The molecule has 0 radical (unpaired) electrons. The highest BCUT2D eigenvalue weighted by Gasteiger charge is 2.11. The van der Waals surface area contributed by atoms with Gasteiger partial charge in [-0.3, -0.25) is 4.79 Å². The van der Waals surface area contributed by atoms with Gasteiger partial charge in [-0.15, -0.1) is 4.91 Å². The van der Waals surface area contributed by atoms with E-state index in [1.807, 2.05) is 0 Å². The Labute approximate surface area is 67.2 Å². The molecule has 0 bridgehead atoms. The van der Waals surface area contributed by atoms with Gasteiger partial charge in [0.25, 0.3) is 0 Å². The number of nitroso groups, excluding NO2 is 1. The number of nitrogens with zero attached hydrogens (tertiary/aromatic N) is 1. The summed E-state index contributed by atoms with van der Waals surface area (Å²) in [5.74, 6) is -0.977. The van der Waals surface area contributed by atoms with Crippen molar-refractivity contribution in [2.75, 3.05) is 0 Å². The SMILES string of the molecule is O=Cc1c(O)ccc(N=O)c1O. The summed E-state index contributed by atoms with van der Waals surface area (Å²) in [6, 6.07) is 2.23. The summed E-state index contributed by atoms with van der Waals surface area (Å²) in [6.07, 6.45) is 0.249. The predicted octanol–water partition coefficient (Wildman–Crippen LogP) is 1.31. The van der Waals surface area contributed by atoms with E-state index in [1.54, 1.807) is 0 Å². The Bertz CT molecular complexity index is 334. The minimum Gasteiger partial charge on any atom is -0.507 e. The molecule has 0 aliphatic heterocycles. The van der Waals surface area contributed by atoms with Crippen LogP contribution in [0.25, 0.3) is 0 Å². The van der Waals surface area contributed by atoms with Crippen LogP contribution in [-0.4, -0.2) is 16.5 Å². The number of phenolic OH excluding ortho intramolecular Hbond substituents is 2. The van der Waals surface area contributed by atoms with Crippen molar-refractivity contribution in [3.05, 3.63) is 22.6 Å². The molecule has 0 spiro atoms. The maximum atomic E-state index is 10.3. The van der Waals surface area contributed by atoms with Crippen LogP contribution in [0.2, 0.25) is 0 Å². The lowest BCUT2D eigenvalue weighted by molar-refractivity contribution is 0.111. The second-order valence-electron chi connectivity index (χ2n) is 2.08. The molecule has 0 aliphatic carbocycles. The van der Waals surface area contributed by atoms with Crippen molar-refractivity contribution in [2.45, 2.75) is 0 Å². The van der Waals surface area contributed by atoms with Crippen molar-refractivity contribution in [1.29, 1.82) is 0 Å². The highest BCUT2D eigenvalue weighted by Crippen LogP contribution is 2.34. The van der Waals surface area contributed by atoms with E-state index in [-0.39, 0.29) is 23.3 Å². The van der Waals surface area contributed by atoms with Crippen molar-refractivity contribution in [1.82, 2.24) is 0 Å². The van der Waals surface area contributed by atoms with E-state index in [0.29, 0.717) is 0 Å². The second kappa shape index (κ2) is 3.00. The van der Waals surface area contributed by atoms with Crippen LogP contribution < -0.4 is 0 Å². The largest absolute Gasteiger partial charge is 0.507 e. The summed E-state index contributed by atoms with van der Waals surface area (Å²) in [4.78, 5) is 20.3. The van der Waals surface area contributed by atoms with Gasteiger partial charge in [0, 0.05) is 0 Å². The molecule has 5 nitrogen and oxygen atoms in total. The highest BCUT2D eigenvalue weighted by molar-refractivity contribution is 5.86. The molecular formula is C7H5NO4. The van der Waals surface area contributed by atoms with Crippen LogP contribution in [0.5, 0.6) is 11.5 Å². The predicted molar refractivity (Wildman–Crippen MR) is 40.6 cm³/mol. The molecular weight excluding hydrogens is 162 g/mol. The molecule has 0 aliphatic rings. The molecule has 0 saturated carbocycles. The molecule has 1 aromatic carbocycles. The summed E-state index contributed by atoms with van der Waals surface area (Å²) >= 11 is 0. The first kappa shape index (κ1) is 8.19. The summed E-state index contributed by atoms with van der Waals surface area (Å²) in [6.45, 7) is 0. The number of carbonyl (C=O) groups excluding carboxylic acids is 1. The van der Waals surface area contributed by atoms with Gasteiger partial charge in [0.1, 0.15) is 11.3 Å². The van der Waals surface area contributed by atoms with Crippen molar-refractivity contribution in [2.24, 2.45) is 5.18 Å². The molecule has 0 aromatic heterocycles. The number of benzene rings is 1. The number of phenols is 2. The minimum atomic E-state index is -0.597. The third-order valence-electron chi connectivity index (χ3n) is 1.39. The minimum absolute atomic E-state index is 0.249. The molecule has 62 valence electrons. The van der Waals surface area contributed by atoms with E-state index in [4.69, 9.17) is 10.2 Å². The molecule has 0 unspecified atom stereocenters. The lowest BCUT2D eigenvalue weighted by Crippen LogP contribution is -1.82. The van der Waals surface area contributed by atoms with Gasteiger partial charge in [-0.1, -0.05) is 0 Å². The van der Waals surface area contributed by atoms with Crippen LogP contribution in [0, 0.1) is 4.91 Å². The first-order valence-electron chi connectivity index (χ1n) is 3.04. The lowest BCUT2D eigenvalue weighted by Gasteiger charge is -2.00. The molecule has 0 amide bonds. The normalized spacial score (nSPS) is 9.33. The van der Waals surface area contributed by atoms with Crippen LogP contribution in [0.1, 0.15) is 10.4 Å². The Balaban J connectivity index is 3.43. The number of hydrogen-bond donors (Lipinski definition) is 2. The third kappa shape index (κ3) is 1.12. The Kier molecular flexibility index (Phi) is 2.05. The van der Waals surface area contributed by atoms with Crippen LogP contribution >= 0.6 is 0 Å². The van der Waals surface area contributed by atoms with Crippen molar-refractivity contribution in [3.8, 4) is 11.5 Å². The van der Waals surface area contributed by atoms with E-state index in [0.717, 1.165) is 12.1 Å². The zero-order chi connectivity index (χ0) is 9.14. The van der Waals surface area contributed by atoms with Crippen LogP contribution in [0.4, 0.5) is 5.69 Å². The molecule has 1 aromatic rings. The van der Waals surface area contributed by atoms with E-state index >= 15 is 0 Å². The quantitative estimate of drug-likeness (QED) is 0.513. The fourth-order valence-corrected chi connectivity index (χ4v) is 0.776. The molecule has 1 rings (SSSR count). The number of rotatable bonds is 2.